The third-order valence-corrected chi connectivity index (χ3v) is 3.36. The fraction of sp³-hybridized carbons (Fsp3) is 0.900. The molecule has 1 aliphatic rings. The molecule has 1 heterocycles. The van der Waals surface area contributed by atoms with Gasteiger partial charge in [0.15, 0.2) is 0 Å². The van der Waals surface area contributed by atoms with Crippen molar-refractivity contribution in [3.05, 3.63) is 0 Å². The van der Waals surface area contributed by atoms with Gasteiger partial charge in [0.25, 0.3) is 0 Å². The van der Waals surface area contributed by atoms with Crippen molar-refractivity contribution in [2.75, 3.05) is 31.6 Å². The molecule has 0 aromatic rings. The van der Waals surface area contributed by atoms with E-state index in [0.717, 1.165) is 25.9 Å². The molecule has 0 aromatic heterocycles. The average molecular weight is 232 g/mol. The Bertz CT molecular complexity index is 227. The smallest absolute Gasteiger partial charge is 0.220 e. The van der Waals surface area contributed by atoms with Gasteiger partial charge >= 0.3 is 0 Å². The maximum Gasteiger partial charge on any atom is 0.220 e. The Morgan fingerprint density at radius 1 is 1.60 bits per heavy atom. The molecule has 2 atom stereocenters. The van der Waals surface area contributed by atoms with E-state index in [1.807, 2.05) is 0 Å². The van der Waals surface area contributed by atoms with Crippen LogP contribution in [0.3, 0.4) is 0 Å². The molecule has 15 heavy (non-hydrogen) atoms. The van der Waals surface area contributed by atoms with Gasteiger partial charge in [-0.05, 0) is 31.8 Å². The van der Waals surface area contributed by atoms with E-state index >= 15 is 0 Å². The van der Waals surface area contributed by atoms with Crippen LogP contribution in [0.1, 0.15) is 19.3 Å². The molecule has 88 valence electrons. The van der Waals surface area contributed by atoms with Crippen molar-refractivity contribution in [3.63, 3.8) is 0 Å². The highest BCUT2D eigenvalue weighted by molar-refractivity contribution is 7.84. The Hall–Kier alpha value is -0.420. The quantitative estimate of drug-likeness (QED) is 0.694. The van der Waals surface area contributed by atoms with Gasteiger partial charge in [-0.1, -0.05) is 0 Å². The van der Waals surface area contributed by atoms with Crippen LogP contribution in [0.15, 0.2) is 0 Å². The lowest BCUT2D eigenvalue weighted by molar-refractivity contribution is -0.122. The first-order chi connectivity index (χ1) is 7.18. The molecule has 0 aromatic carbocycles. The summed E-state index contributed by atoms with van der Waals surface area (Å²) in [6, 6.07) is 0. The second-order valence-corrected chi connectivity index (χ2v) is 5.60. The van der Waals surface area contributed by atoms with Crippen LogP contribution in [0.2, 0.25) is 0 Å². The third-order valence-electron chi connectivity index (χ3n) is 2.58. The molecule has 1 rings (SSSR count). The second kappa shape index (κ2) is 6.95. The normalized spacial score (nSPS) is 23.4. The zero-order valence-electron chi connectivity index (χ0n) is 9.25. The van der Waals surface area contributed by atoms with Crippen molar-refractivity contribution in [1.29, 1.82) is 0 Å². The molecular formula is C10H20N2O2S. The fourth-order valence-electron chi connectivity index (χ4n) is 1.77. The molecule has 1 saturated heterocycles. The Morgan fingerprint density at radius 3 is 3.00 bits per heavy atom. The number of rotatable bonds is 5. The number of carbonyl (C=O) groups is 1. The molecule has 4 nitrogen and oxygen atoms in total. The zero-order chi connectivity index (χ0) is 11.1. The first-order valence-electron chi connectivity index (χ1n) is 5.46. The molecule has 0 bridgehead atoms. The minimum Gasteiger partial charge on any atom is -0.355 e. The summed E-state index contributed by atoms with van der Waals surface area (Å²) in [6.45, 7) is 2.56. The van der Waals surface area contributed by atoms with E-state index in [9.17, 15) is 9.00 Å². The third kappa shape index (κ3) is 5.89. The number of carbonyl (C=O) groups excluding carboxylic acids is 1. The highest BCUT2D eigenvalue weighted by atomic mass is 32.2. The van der Waals surface area contributed by atoms with E-state index in [4.69, 9.17) is 0 Å². The van der Waals surface area contributed by atoms with Crippen LogP contribution in [0, 0.1) is 5.92 Å². The van der Waals surface area contributed by atoms with Crippen LogP contribution in [0.4, 0.5) is 0 Å². The van der Waals surface area contributed by atoms with Gasteiger partial charge in [-0.25, -0.2) is 0 Å². The Morgan fingerprint density at radius 2 is 2.40 bits per heavy atom. The molecule has 0 saturated carbocycles. The maximum absolute atomic E-state index is 11.5. The van der Waals surface area contributed by atoms with Gasteiger partial charge in [0.2, 0.25) is 5.91 Å². The zero-order valence-corrected chi connectivity index (χ0v) is 10.1. The van der Waals surface area contributed by atoms with Crippen LogP contribution < -0.4 is 10.6 Å². The predicted molar refractivity (Wildman–Crippen MR) is 62.2 cm³/mol. The summed E-state index contributed by atoms with van der Waals surface area (Å²) in [6.07, 6.45) is 4.55. The standard InChI is InChI=1S/C10H20N2O2S/c1-15(14)6-5-12-10(13)7-9-3-2-4-11-8-9/h9,11H,2-8H2,1H3,(H,12,13). The summed E-state index contributed by atoms with van der Waals surface area (Å²) >= 11 is 0. The van der Waals surface area contributed by atoms with Gasteiger partial charge in [-0.15, -0.1) is 0 Å². The van der Waals surface area contributed by atoms with E-state index in [2.05, 4.69) is 10.6 Å². The lowest BCUT2D eigenvalue weighted by Gasteiger charge is -2.21. The lowest BCUT2D eigenvalue weighted by atomic mass is 9.96. The molecule has 1 amide bonds. The number of nitrogens with one attached hydrogen (secondary N) is 2. The summed E-state index contributed by atoms with van der Waals surface area (Å²) in [5.41, 5.74) is 0. The fourth-order valence-corrected chi connectivity index (χ4v) is 2.16. The van der Waals surface area contributed by atoms with E-state index < -0.39 is 10.8 Å². The van der Waals surface area contributed by atoms with Crippen LogP contribution in [0.25, 0.3) is 0 Å². The van der Waals surface area contributed by atoms with Crippen molar-refractivity contribution >= 4 is 16.7 Å². The monoisotopic (exact) mass is 232 g/mol. The minimum atomic E-state index is -0.816. The molecular weight excluding hydrogens is 212 g/mol. The molecule has 0 spiro atoms. The molecule has 1 aliphatic heterocycles. The van der Waals surface area contributed by atoms with E-state index in [-0.39, 0.29) is 5.91 Å². The molecule has 2 unspecified atom stereocenters. The van der Waals surface area contributed by atoms with Crippen LogP contribution >= 0.6 is 0 Å². The van der Waals surface area contributed by atoms with Crippen molar-refractivity contribution in [3.8, 4) is 0 Å². The van der Waals surface area contributed by atoms with Crippen molar-refractivity contribution < 1.29 is 9.00 Å². The van der Waals surface area contributed by atoms with Gasteiger partial charge in [0.05, 0.1) is 0 Å². The van der Waals surface area contributed by atoms with E-state index in [1.54, 1.807) is 6.26 Å². The first kappa shape index (κ1) is 12.6. The Kier molecular flexibility index (Phi) is 5.86. The topological polar surface area (TPSA) is 58.2 Å². The summed E-state index contributed by atoms with van der Waals surface area (Å²) < 4.78 is 10.8. The Balaban J connectivity index is 2.09. The summed E-state index contributed by atoms with van der Waals surface area (Å²) in [4.78, 5) is 11.5. The number of piperidine rings is 1. The Labute approximate surface area is 93.7 Å². The SMILES string of the molecule is CS(=O)CCNC(=O)CC1CCCNC1. The largest absolute Gasteiger partial charge is 0.355 e. The summed E-state index contributed by atoms with van der Waals surface area (Å²) in [5, 5.41) is 6.09. The van der Waals surface area contributed by atoms with E-state index in [1.165, 1.54) is 0 Å². The molecule has 0 aliphatic carbocycles. The highest BCUT2D eigenvalue weighted by Gasteiger charge is 2.16. The van der Waals surface area contributed by atoms with Crippen LogP contribution in [-0.4, -0.2) is 41.8 Å². The van der Waals surface area contributed by atoms with Crippen LogP contribution in [-0.2, 0) is 15.6 Å². The van der Waals surface area contributed by atoms with Gasteiger partial charge in [0, 0.05) is 35.8 Å². The van der Waals surface area contributed by atoms with Crippen LogP contribution in [0.5, 0.6) is 0 Å². The number of hydrogen-bond donors (Lipinski definition) is 2. The number of amides is 1. The van der Waals surface area contributed by atoms with Crippen molar-refractivity contribution in [1.82, 2.24) is 10.6 Å². The van der Waals surface area contributed by atoms with Gasteiger partial charge < -0.3 is 10.6 Å². The van der Waals surface area contributed by atoms with Gasteiger partial charge in [-0.2, -0.15) is 0 Å². The highest BCUT2D eigenvalue weighted by Crippen LogP contribution is 2.13. The molecule has 0 radical (unpaired) electrons. The van der Waals surface area contributed by atoms with E-state index in [0.29, 0.717) is 24.6 Å². The van der Waals surface area contributed by atoms with Gasteiger partial charge in [-0.3, -0.25) is 9.00 Å². The molecule has 1 fully saturated rings. The minimum absolute atomic E-state index is 0.0918. The summed E-state index contributed by atoms with van der Waals surface area (Å²) in [5.74, 6) is 1.12. The maximum atomic E-state index is 11.5. The predicted octanol–water partition coefficient (Wildman–Crippen LogP) is -0.129. The molecule has 5 heteroatoms. The molecule has 2 N–H and O–H groups in total. The number of hydrogen-bond acceptors (Lipinski definition) is 3. The van der Waals surface area contributed by atoms with Crippen molar-refractivity contribution in [2.45, 2.75) is 19.3 Å². The first-order valence-corrected chi connectivity index (χ1v) is 7.18. The van der Waals surface area contributed by atoms with Gasteiger partial charge in [0.1, 0.15) is 0 Å². The van der Waals surface area contributed by atoms with Crippen molar-refractivity contribution in [2.24, 2.45) is 5.92 Å². The average Bonchev–Trinajstić information content (AvgIpc) is 2.18. The second-order valence-electron chi connectivity index (χ2n) is 4.04. The summed E-state index contributed by atoms with van der Waals surface area (Å²) in [7, 11) is -0.816. The lowest BCUT2D eigenvalue weighted by Crippen LogP contribution is -2.35.